The molecule has 0 aliphatic heterocycles. The van der Waals surface area contributed by atoms with Gasteiger partial charge in [0.1, 0.15) is 0 Å². The first-order valence-corrected chi connectivity index (χ1v) is 4.73. The summed E-state index contributed by atoms with van der Waals surface area (Å²) < 4.78 is 0. The Morgan fingerprint density at radius 1 is 0.769 bits per heavy atom. The minimum absolute atomic E-state index is 0.0301. The van der Waals surface area contributed by atoms with Crippen LogP contribution in [0.25, 0.3) is 0 Å². The zero-order valence-corrected chi connectivity index (χ0v) is 7.95. The van der Waals surface area contributed by atoms with Gasteiger partial charge in [-0.15, -0.1) is 0 Å². The van der Waals surface area contributed by atoms with Crippen molar-refractivity contribution >= 4 is 0 Å². The minimum atomic E-state index is -1.07. The summed E-state index contributed by atoms with van der Waals surface area (Å²) in [6, 6.07) is 0. The first-order chi connectivity index (χ1) is 6.18. The van der Waals surface area contributed by atoms with Gasteiger partial charge in [0.25, 0.3) is 0 Å². The van der Waals surface area contributed by atoms with E-state index in [2.05, 4.69) is 0 Å². The van der Waals surface area contributed by atoms with Gasteiger partial charge in [-0.2, -0.15) is 0 Å². The van der Waals surface area contributed by atoms with E-state index < -0.39 is 5.60 Å². The van der Waals surface area contributed by atoms with Crippen molar-refractivity contribution in [2.45, 2.75) is 37.7 Å². The Morgan fingerprint density at radius 3 is 1.77 bits per heavy atom. The summed E-state index contributed by atoms with van der Waals surface area (Å²) in [5.41, 5.74) is -1.07. The summed E-state index contributed by atoms with van der Waals surface area (Å²) in [4.78, 5) is 0. The summed E-state index contributed by atoms with van der Waals surface area (Å²) in [5, 5.41) is 35.7. The number of aliphatic hydroxyl groups excluding tert-OH is 3. The van der Waals surface area contributed by atoms with Gasteiger partial charge in [0.2, 0.25) is 0 Å². The van der Waals surface area contributed by atoms with Crippen molar-refractivity contribution < 1.29 is 20.4 Å². The maximum absolute atomic E-state index is 9.74. The van der Waals surface area contributed by atoms with Gasteiger partial charge >= 0.3 is 0 Å². The molecule has 13 heavy (non-hydrogen) atoms. The summed E-state index contributed by atoms with van der Waals surface area (Å²) in [6.07, 6.45) is 2.71. The van der Waals surface area contributed by atoms with Crippen molar-refractivity contribution in [3.63, 3.8) is 0 Å². The first-order valence-electron chi connectivity index (χ1n) is 4.73. The molecule has 0 heterocycles. The quantitative estimate of drug-likeness (QED) is 0.396. The fourth-order valence-electron chi connectivity index (χ4n) is 1.26. The molecule has 0 saturated carbocycles. The number of hydrogen-bond acceptors (Lipinski definition) is 4. The number of unbranched alkanes of at least 4 members (excludes halogenated alkanes) is 1. The molecule has 0 aromatic heterocycles. The highest BCUT2D eigenvalue weighted by Gasteiger charge is 2.24. The maximum Gasteiger partial charge on any atom is 0.0878 e. The van der Waals surface area contributed by atoms with Crippen LogP contribution in [0.4, 0.5) is 0 Å². The van der Waals surface area contributed by atoms with Gasteiger partial charge in [0.15, 0.2) is 0 Å². The first kappa shape index (κ1) is 12.8. The van der Waals surface area contributed by atoms with Crippen molar-refractivity contribution in [3.05, 3.63) is 0 Å². The van der Waals surface area contributed by atoms with Crippen LogP contribution in [0, 0.1) is 0 Å². The molecule has 0 saturated heterocycles. The SMILES string of the molecule is OCCCCC(O)(CO)CCCO. The fourth-order valence-corrected chi connectivity index (χ4v) is 1.26. The zero-order chi connectivity index (χ0) is 10.2. The lowest BCUT2D eigenvalue weighted by atomic mass is 9.92. The van der Waals surface area contributed by atoms with Crippen LogP contribution in [0.1, 0.15) is 32.1 Å². The van der Waals surface area contributed by atoms with Gasteiger partial charge in [0, 0.05) is 13.2 Å². The summed E-state index contributed by atoms with van der Waals surface area (Å²) in [7, 11) is 0. The normalized spacial score (nSPS) is 15.7. The fraction of sp³-hybridized carbons (Fsp3) is 1.00. The van der Waals surface area contributed by atoms with E-state index in [-0.39, 0.29) is 19.8 Å². The van der Waals surface area contributed by atoms with E-state index in [9.17, 15) is 5.11 Å². The van der Waals surface area contributed by atoms with Crippen LogP contribution in [0.5, 0.6) is 0 Å². The lowest BCUT2D eigenvalue weighted by molar-refractivity contribution is -0.0340. The summed E-state index contributed by atoms with van der Waals surface area (Å²) in [6.45, 7) is -0.137. The number of hydrogen-bond donors (Lipinski definition) is 4. The lowest BCUT2D eigenvalue weighted by Crippen LogP contribution is -2.33. The third kappa shape index (κ3) is 5.99. The minimum Gasteiger partial charge on any atom is -0.396 e. The molecule has 0 aliphatic carbocycles. The van der Waals surface area contributed by atoms with Crippen LogP contribution < -0.4 is 0 Å². The van der Waals surface area contributed by atoms with Gasteiger partial charge in [-0.1, -0.05) is 0 Å². The largest absolute Gasteiger partial charge is 0.396 e. The van der Waals surface area contributed by atoms with E-state index in [0.717, 1.165) is 0 Å². The molecule has 0 fully saturated rings. The second-order valence-corrected chi connectivity index (χ2v) is 3.39. The monoisotopic (exact) mass is 192 g/mol. The second-order valence-electron chi connectivity index (χ2n) is 3.39. The molecule has 4 nitrogen and oxygen atoms in total. The predicted octanol–water partition coefficient (Wildman–Crippen LogP) is -0.355. The smallest absolute Gasteiger partial charge is 0.0878 e. The molecular formula is C9H20O4. The van der Waals surface area contributed by atoms with Crippen LogP contribution in [0.15, 0.2) is 0 Å². The molecule has 0 amide bonds. The van der Waals surface area contributed by atoms with E-state index in [1.54, 1.807) is 0 Å². The Kier molecular flexibility index (Phi) is 7.17. The lowest BCUT2D eigenvalue weighted by Gasteiger charge is -2.25. The van der Waals surface area contributed by atoms with Crippen molar-refractivity contribution in [1.82, 2.24) is 0 Å². The van der Waals surface area contributed by atoms with E-state index in [1.807, 2.05) is 0 Å². The number of rotatable bonds is 8. The Labute approximate surface area is 78.8 Å². The van der Waals surface area contributed by atoms with E-state index in [0.29, 0.717) is 32.1 Å². The average Bonchev–Trinajstić information content (AvgIpc) is 2.15. The molecule has 1 atom stereocenters. The average molecular weight is 192 g/mol. The van der Waals surface area contributed by atoms with E-state index >= 15 is 0 Å². The zero-order valence-electron chi connectivity index (χ0n) is 7.95. The highest BCUT2D eigenvalue weighted by atomic mass is 16.3. The van der Waals surface area contributed by atoms with Crippen LogP contribution in [0.2, 0.25) is 0 Å². The molecule has 4 heteroatoms. The molecule has 80 valence electrons. The molecule has 0 rings (SSSR count). The van der Waals surface area contributed by atoms with Crippen molar-refractivity contribution in [2.24, 2.45) is 0 Å². The van der Waals surface area contributed by atoms with Crippen LogP contribution in [0.3, 0.4) is 0 Å². The molecule has 0 aliphatic rings. The summed E-state index contributed by atoms with van der Waals surface area (Å²) in [5.74, 6) is 0. The van der Waals surface area contributed by atoms with E-state index in [1.165, 1.54) is 0 Å². The summed E-state index contributed by atoms with van der Waals surface area (Å²) >= 11 is 0. The van der Waals surface area contributed by atoms with Gasteiger partial charge in [-0.25, -0.2) is 0 Å². The Bertz CT molecular complexity index is 118. The highest BCUT2D eigenvalue weighted by Crippen LogP contribution is 2.19. The molecule has 0 aromatic carbocycles. The Balaban J connectivity index is 3.67. The molecule has 0 aromatic rings. The predicted molar refractivity (Wildman–Crippen MR) is 49.3 cm³/mol. The van der Waals surface area contributed by atoms with Crippen LogP contribution in [-0.2, 0) is 0 Å². The third-order valence-electron chi connectivity index (χ3n) is 2.14. The second kappa shape index (κ2) is 7.26. The number of aliphatic hydroxyl groups is 4. The van der Waals surface area contributed by atoms with Gasteiger partial charge in [-0.05, 0) is 32.1 Å². The van der Waals surface area contributed by atoms with Gasteiger partial charge in [0.05, 0.1) is 12.2 Å². The van der Waals surface area contributed by atoms with Crippen molar-refractivity contribution in [2.75, 3.05) is 19.8 Å². The Hall–Kier alpha value is -0.160. The third-order valence-corrected chi connectivity index (χ3v) is 2.14. The maximum atomic E-state index is 9.74. The van der Waals surface area contributed by atoms with Gasteiger partial charge < -0.3 is 20.4 Å². The highest BCUT2D eigenvalue weighted by molar-refractivity contribution is 4.77. The van der Waals surface area contributed by atoms with Gasteiger partial charge in [-0.3, -0.25) is 0 Å². The molecule has 1 unspecified atom stereocenters. The molecule has 4 N–H and O–H groups in total. The van der Waals surface area contributed by atoms with Crippen LogP contribution in [-0.4, -0.2) is 45.8 Å². The topological polar surface area (TPSA) is 80.9 Å². The standard InChI is InChI=1S/C9H20O4/c10-6-2-1-4-9(13,8-12)5-3-7-11/h10-13H,1-8H2. The molecule has 0 bridgehead atoms. The molecule has 0 radical (unpaired) electrons. The molecular weight excluding hydrogens is 172 g/mol. The molecule has 0 spiro atoms. The van der Waals surface area contributed by atoms with Crippen molar-refractivity contribution in [3.8, 4) is 0 Å². The van der Waals surface area contributed by atoms with E-state index in [4.69, 9.17) is 15.3 Å². The van der Waals surface area contributed by atoms with Crippen molar-refractivity contribution in [1.29, 1.82) is 0 Å². The van der Waals surface area contributed by atoms with Crippen LogP contribution >= 0.6 is 0 Å². The Morgan fingerprint density at radius 2 is 1.31 bits per heavy atom.